The van der Waals surface area contributed by atoms with E-state index in [4.69, 9.17) is 5.73 Å². The number of hydrogen-bond donors (Lipinski definition) is 1. The predicted molar refractivity (Wildman–Crippen MR) is 65.4 cm³/mol. The van der Waals surface area contributed by atoms with Crippen LogP contribution in [0, 0.1) is 6.92 Å². The molecule has 0 spiro atoms. The number of hydrogen-bond acceptors (Lipinski definition) is 3. The van der Waals surface area contributed by atoms with E-state index in [0.29, 0.717) is 0 Å². The van der Waals surface area contributed by atoms with Crippen molar-refractivity contribution in [2.75, 3.05) is 5.73 Å². The Labute approximate surface area is 94.4 Å². The summed E-state index contributed by atoms with van der Waals surface area (Å²) in [7, 11) is 0. The highest BCUT2D eigenvalue weighted by molar-refractivity contribution is 6.03. The predicted octanol–water partition coefficient (Wildman–Crippen LogP) is 2.05. The lowest BCUT2D eigenvalue weighted by Crippen LogP contribution is -2.04. The fraction of sp³-hybridized carbons (Fsp3) is 0.167. The third-order valence-electron chi connectivity index (χ3n) is 2.34. The van der Waals surface area contributed by atoms with E-state index in [2.05, 4.69) is 10.2 Å². The van der Waals surface area contributed by atoms with E-state index in [1.165, 1.54) is 10.4 Å². The first kappa shape index (κ1) is 10.4. The van der Waals surface area contributed by atoms with Crippen molar-refractivity contribution in [2.45, 2.75) is 13.8 Å². The Balaban J connectivity index is 2.40. The van der Waals surface area contributed by atoms with Crippen LogP contribution in [0.25, 0.3) is 0 Å². The number of nitrogens with two attached hydrogens (primary N) is 1. The number of rotatable bonds is 2. The molecule has 0 atom stereocenters. The Bertz CT molecular complexity index is 512. The third kappa shape index (κ3) is 2.11. The van der Waals surface area contributed by atoms with Gasteiger partial charge in [0.05, 0.1) is 18.1 Å². The molecule has 0 saturated carbocycles. The fourth-order valence-electron chi connectivity index (χ4n) is 1.51. The summed E-state index contributed by atoms with van der Waals surface area (Å²) < 4.78 is 0. The highest BCUT2D eigenvalue weighted by Crippen LogP contribution is 2.14. The van der Waals surface area contributed by atoms with E-state index in [1.807, 2.05) is 38.1 Å². The molecule has 2 rings (SSSR count). The average Bonchev–Trinajstić information content (AvgIpc) is 2.74. The summed E-state index contributed by atoms with van der Waals surface area (Å²) in [5.41, 5.74) is 9.62. The van der Waals surface area contributed by atoms with Crippen LogP contribution in [-0.4, -0.2) is 15.6 Å². The number of aromatic nitrogens is 2. The molecule has 0 radical (unpaired) electrons. The van der Waals surface area contributed by atoms with Crippen LogP contribution in [0.3, 0.4) is 0 Å². The molecule has 4 nitrogen and oxygen atoms in total. The van der Waals surface area contributed by atoms with E-state index >= 15 is 0 Å². The summed E-state index contributed by atoms with van der Waals surface area (Å²) in [5, 5.41) is 8.36. The number of nitrogen functional groups attached to an aromatic ring is 1. The second-order valence-corrected chi connectivity index (χ2v) is 3.70. The van der Waals surface area contributed by atoms with E-state index in [1.54, 1.807) is 12.4 Å². The first-order valence-corrected chi connectivity index (χ1v) is 5.08. The number of anilines is 1. The van der Waals surface area contributed by atoms with Gasteiger partial charge in [-0.3, -0.25) is 0 Å². The van der Waals surface area contributed by atoms with Crippen LogP contribution >= 0.6 is 0 Å². The van der Waals surface area contributed by atoms with Gasteiger partial charge in [-0.15, -0.1) is 0 Å². The highest BCUT2D eigenvalue weighted by atomic mass is 15.5. The van der Waals surface area contributed by atoms with Gasteiger partial charge in [0, 0.05) is 11.3 Å². The van der Waals surface area contributed by atoms with E-state index in [0.717, 1.165) is 17.0 Å². The van der Waals surface area contributed by atoms with Crippen molar-refractivity contribution in [3.63, 3.8) is 0 Å². The van der Waals surface area contributed by atoms with Gasteiger partial charge in [0.1, 0.15) is 0 Å². The molecule has 0 aliphatic rings. The second-order valence-electron chi connectivity index (χ2n) is 3.70. The molecule has 0 amide bonds. The van der Waals surface area contributed by atoms with E-state index < -0.39 is 0 Å². The summed E-state index contributed by atoms with van der Waals surface area (Å²) in [6, 6.07) is 7.74. The lowest BCUT2D eigenvalue weighted by molar-refractivity contribution is 0.740. The lowest BCUT2D eigenvalue weighted by atomic mass is 10.1. The molecule has 2 N–H and O–H groups in total. The minimum atomic E-state index is 0.735. The molecule has 4 heteroatoms. The molecule has 0 aliphatic carbocycles. The van der Waals surface area contributed by atoms with Gasteiger partial charge >= 0.3 is 0 Å². The van der Waals surface area contributed by atoms with Crippen LogP contribution in [-0.2, 0) is 0 Å². The molecule has 1 heterocycles. The smallest absolute Gasteiger partial charge is 0.0692 e. The molecular formula is C12H14N4. The molecule has 0 bridgehead atoms. The highest BCUT2D eigenvalue weighted by Gasteiger charge is 2.03. The average molecular weight is 214 g/mol. The molecule has 0 unspecified atom stereocenters. The van der Waals surface area contributed by atoms with Gasteiger partial charge in [0.25, 0.3) is 0 Å². The van der Waals surface area contributed by atoms with Gasteiger partial charge in [0.2, 0.25) is 0 Å². The van der Waals surface area contributed by atoms with Crippen LogP contribution in [0.2, 0.25) is 0 Å². The molecule has 0 saturated heterocycles. The largest absolute Gasteiger partial charge is 0.398 e. The van der Waals surface area contributed by atoms with Crippen LogP contribution in [0.1, 0.15) is 18.1 Å². The maximum atomic E-state index is 5.91. The second kappa shape index (κ2) is 4.18. The van der Waals surface area contributed by atoms with Crippen LogP contribution in [0.15, 0.2) is 41.8 Å². The summed E-state index contributed by atoms with van der Waals surface area (Å²) in [6.07, 6.45) is 3.48. The molecule has 0 aliphatic heterocycles. The van der Waals surface area contributed by atoms with E-state index in [9.17, 15) is 0 Å². The quantitative estimate of drug-likeness (QED) is 0.614. The van der Waals surface area contributed by atoms with Crippen LogP contribution < -0.4 is 5.73 Å². The van der Waals surface area contributed by atoms with Gasteiger partial charge < -0.3 is 5.73 Å². The number of nitrogens with zero attached hydrogens (tertiary/aromatic N) is 3. The summed E-state index contributed by atoms with van der Waals surface area (Å²) >= 11 is 0. The Morgan fingerprint density at radius 3 is 2.94 bits per heavy atom. The molecule has 0 fully saturated rings. The zero-order valence-electron chi connectivity index (χ0n) is 9.38. The van der Waals surface area contributed by atoms with Gasteiger partial charge in [-0.2, -0.15) is 15.0 Å². The maximum Gasteiger partial charge on any atom is 0.0692 e. The van der Waals surface area contributed by atoms with Crippen molar-refractivity contribution in [3.8, 4) is 0 Å². The van der Waals surface area contributed by atoms with Gasteiger partial charge in [-0.25, -0.2) is 0 Å². The van der Waals surface area contributed by atoms with Crippen molar-refractivity contribution in [1.82, 2.24) is 9.89 Å². The zero-order valence-corrected chi connectivity index (χ0v) is 9.38. The van der Waals surface area contributed by atoms with Crippen molar-refractivity contribution in [1.29, 1.82) is 0 Å². The normalized spacial score (nSPS) is 11.8. The Kier molecular flexibility index (Phi) is 2.72. The van der Waals surface area contributed by atoms with Crippen molar-refractivity contribution in [3.05, 3.63) is 47.8 Å². The molecular weight excluding hydrogens is 200 g/mol. The third-order valence-corrected chi connectivity index (χ3v) is 2.34. The maximum absolute atomic E-state index is 5.91. The molecule has 82 valence electrons. The fourth-order valence-corrected chi connectivity index (χ4v) is 1.51. The molecule has 1 aromatic carbocycles. The standard InChI is InChI=1S/C12H14N4/c1-9-4-5-12(13)11(8-9)10(2)15-16-7-3-6-14-16/h3-8H,13H2,1-2H3/b15-10+. The van der Waals surface area contributed by atoms with Crippen LogP contribution in [0.5, 0.6) is 0 Å². The van der Waals surface area contributed by atoms with E-state index in [-0.39, 0.29) is 0 Å². The van der Waals surface area contributed by atoms with Gasteiger partial charge in [-0.05, 0) is 32.0 Å². The Morgan fingerprint density at radius 2 is 2.25 bits per heavy atom. The first-order valence-electron chi connectivity index (χ1n) is 5.08. The molecule has 16 heavy (non-hydrogen) atoms. The Hall–Kier alpha value is -2.10. The number of benzene rings is 1. The SMILES string of the molecule is C/C(=N\n1cccn1)c1cc(C)ccc1N. The van der Waals surface area contributed by atoms with Crippen molar-refractivity contribution in [2.24, 2.45) is 5.10 Å². The summed E-state index contributed by atoms with van der Waals surface area (Å²) in [5.74, 6) is 0. The minimum Gasteiger partial charge on any atom is -0.398 e. The molecule has 1 aromatic heterocycles. The van der Waals surface area contributed by atoms with Gasteiger partial charge in [-0.1, -0.05) is 11.6 Å². The van der Waals surface area contributed by atoms with Crippen molar-refractivity contribution < 1.29 is 0 Å². The molecule has 2 aromatic rings. The van der Waals surface area contributed by atoms with Crippen LogP contribution in [0.4, 0.5) is 5.69 Å². The number of aryl methyl sites for hydroxylation is 1. The monoisotopic (exact) mass is 214 g/mol. The van der Waals surface area contributed by atoms with Gasteiger partial charge in [0.15, 0.2) is 0 Å². The summed E-state index contributed by atoms with van der Waals surface area (Å²) in [6.45, 7) is 3.96. The summed E-state index contributed by atoms with van der Waals surface area (Å²) in [4.78, 5) is 1.52. The van der Waals surface area contributed by atoms with Crippen molar-refractivity contribution >= 4 is 11.4 Å². The topological polar surface area (TPSA) is 56.2 Å². The lowest BCUT2D eigenvalue weighted by Gasteiger charge is -2.06. The Morgan fingerprint density at radius 1 is 1.44 bits per heavy atom. The first-order chi connectivity index (χ1) is 7.66. The minimum absolute atomic E-state index is 0.735. The zero-order chi connectivity index (χ0) is 11.5.